The number of benzene rings is 1. The van der Waals surface area contributed by atoms with E-state index in [1.807, 2.05) is 5.38 Å². The Bertz CT molecular complexity index is 689. The van der Waals surface area contributed by atoms with Gasteiger partial charge in [-0.15, -0.1) is 11.3 Å². The lowest BCUT2D eigenvalue weighted by atomic mass is 10.1. The highest BCUT2D eigenvalue weighted by atomic mass is 32.1. The molecule has 1 fully saturated rings. The Morgan fingerprint density at radius 2 is 2.27 bits per heavy atom. The van der Waals surface area contributed by atoms with Crippen LogP contribution < -0.4 is 19.7 Å². The first-order valence-corrected chi connectivity index (χ1v) is 8.02. The fraction of sp³-hybridized carbons (Fsp3) is 0.333. The van der Waals surface area contributed by atoms with Crippen LogP contribution in [0.25, 0.3) is 0 Å². The molecule has 1 aromatic carbocycles. The van der Waals surface area contributed by atoms with Crippen LogP contribution in [0.15, 0.2) is 29.8 Å². The number of carbonyl (C=O) groups excluding carboxylic acids is 1. The molecule has 1 amide bonds. The second-order valence-corrected chi connectivity index (χ2v) is 6.16. The van der Waals surface area contributed by atoms with E-state index in [-0.39, 0.29) is 18.7 Å². The Kier molecular flexibility index (Phi) is 3.34. The average Bonchev–Trinajstić information content (AvgIpc) is 3.27. The van der Waals surface area contributed by atoms with Crippen LogP contribution in [-0.2, 0) is 0 Å². The van der Waals surface area contributed by atoms with Gasteiger partial charge in [-0.05, 0) is 24.6 Å². The summed E-state index contributed by atoms with van der Waals surface area (Å²) in [5.41, 5.74) is 0.594. The van der Waals surface area contributed by atoms with Gasteiger partial charge in [0.2, 0.25) is 6.79 Å². The summed E-state index contributed by atoms with van der Waals surface area (Å²) in [6.07, 6.45) is 2.73. The first-order chi connectivity index (χ1) is 10.8. The molecule has 2 aliphatic heterocycles. The van der Waals surface area contributed by atoms with Crippen molar-refractivity contribution in [1.82, 2.24) is 10.3 Å². The number of fused-ring (bicyclic) bond motifs is 1. The Morgan fingerprint density at radius 1 is 1.36 bits per heavy atom. The molecule has 6 nitrogen and oxygen atoms in total. The maximum absolute atomic E-state index is 12.4. The number of anilines is 1. The molecule has 2 aliphatic rings. The zero-order valence-corrected chi connectivity index (χ0v) is 12.6. The van der Waals surface area contributed by atoms with Crippen LogP contribution >= 0.6 is 11.3 Å². The van der Waals surface area contributed by atoms with Crippen LogP contribution in [0.5, 0.6) is 11.5 Å². The van der Waals surface area contributed by atoms with Crippen LogP contribution in [0.2, 0.25) is 0 Å². The van der Waals surface area contributed by atoms with E-state index in [0.29, 0.717) is 17.1 Å². The third-order valence-electron chi connectivity index (χ3n) is 3.85. The smallest absolute Gasteiger partial charge is 0.251 e. The molecule has 0 aliphatic carbocycles. The molecule has 2 aromatic rings. The fourth-order valence-electron chi connectivity index (χ4n) is 2.73. The predicted molar refractivity (Wildman–Crippen MR) is 82.8 cm³/mol. The van der Waals surface area contributed by atoms with Gasteiger partial charge in [0.05, 0.1) is 0 Å². The highest BCUT2D eigenvalue weighted by Crippen LogP contribution is 2.32. The molecule has 0 bridgehead atoms. The lowest BCUT2D eigenvalue weighted by molar-refractivity contribution is 0.0940. The van der Waals surface area contributed by atoms with Gasteiger partial charge in [-0.2, -0.15) is 0 Å². The van der Waals surface area contributed by atoms with Gasteiger partial charge in [0.25, 0.3) is 5.91 Å². The second-order valence-electron chi connectivity index (χ2n) is 5.29. The Hall–Kier alpha value is -2.28. The van der Waals surface area contributed by atoms with Crippen molar-refractivity contribution in [2.75, 3.05) is 24.8 Å². The molecular weight excluding hydrogens is 302 g/mol. The molecule has 0 saturated carbocycles. The van der Waals surface area contributed by atoms with Crippen molar-refractivity contribution in [3.05, 3.63) is 35.3 Å². The van der Waals surface area contributed by atoms with E-state index >= 15 is 0 Å². The molecule has 7 heteroatoms. The number of nitrogens with one attached hydrogen (secondary N) is 1. The van der Waals surface area contributed by atoms with E-state index in [0.717, 1.165) is 24.6 Å². The van der Waals surface area contributed by atoms with Gasteiger partial charge in [-0.1, -0.05) is 0 Å². The quantitative estimate of drug-likeness (QED) is 0.936. The van der Waals surface area contributed by atoms with Crippen molar-refractivity contribution in [3.63, 3.8) is 0 Å². The maximum Gasteiger partial charge on any atom is 0.251 e. The number of thiazole rings is 1. The SMILES string of the molecule is O=C(N[C@@H]1CCN(c2nccs2)C1)c1ccc2c(c1)OCO2. The molecule has 0 unspecified atom stereocenters. The maximum atomic E-state index is 12.4. The van der Waals surface area contributed by atoms with Crippen molar-refractivity contribution in [2.45, 2.75) is 12.5 Å². The van der Waals surface area contributed by atoms with Crippen LogP contribution in [0.4, 0.5) is 5.13 Å². The Labute approximate surface area is 131 Å². The van der Waals surface area contributed by atoms with Gasteiger partial charge in [0.15, 0.2) is 16.6 Å². The van der Waals surface area contributed by atoms with Crippen LogP contribution in [0.3, 0.4) is 0 Å². The van der Waals surface area contributed by atoms with E-state index in [2.05, 4.69) is 15.2 Å². The molecular formula is C15H15N3O3S. The van der Waals surface area contributed by atoms with E-state index in [4.69, 9.17) is 9.47 Å². The molecule has 22 heavy (non-hydrogen) atoms. The zero-order valence-electron chi connectivity index (χ0n) is 11.8. The standard InChI is InChI=1S/C15H15N3O3S/c19-14(10-1-2-12-13(7-10)21-9-20-12)17-11-3-5-18(8-11)15-16-4-6-22-15/h1-2,4,6-7,11H,3,5,8-9H2,(H,17,19)/t11-/m1/s1. The molecule has 0 spiro atoms. The monoisotopic (exact) mass is 317 g/mol. The van der Waals surface area contributed by atoms with Crippen molar-refractivity contribution in [2.24, 2.45) is 0 Å². The summed E-state index contributed by atoms with van der Waals surface area (Å²) in [7, 11) is 0. The number of nitrogens with zero attached hydrogens (tertiary/aromatic N) is 2. The summed E-state index contributed by atoms with van der Waals surface area (Å²) < 4.78 is 10.6. The molecule has 114 valence electrons. The Morgan fingerprint density at radius 3 is 3.14 bits per heavy atom. The van der Waals surface area contributed by atoms with Gasteiger partial charge in [-0.3, -0.25) is 4.79 Å². The van der Waals surface area contributed by atoms with Gasteiger partial charge < -0.3 is 19.7 Å². The molecule has 1 N–H and O–H groups in total. The highest BCUT2D eigenvalue weighted by molar-refractivity contribution is 7.13. The Balaban J connectivity index is 1.40. The van der Waals surface area contributed by atoms with Crippen LogP contribution in [0.1, 0.15) is 16.8 Å². The van der Waals surface area contributed by atoms with Crippen molar-refractivity contribution in [3.8, 4) is 11.5 Å². The number of amides is 1. The van der Waals surface area contributed by atoms with E-state index in [9.17, 15) is 4.79 Å². The summed E-state index contributed by atoms with van der Waals surface area (Å²) in [5.74, 6) is 1.24. The zero-order chi connectivity index (χ0) is 14.9. The average molecular weight is 317 g/mol. The lowest BCUT2D eigenvalue weighted by Gasteiger charge is -2.15. The van der Waals surface area contributed by atoms with Crippen molar-refractivity contribution >= 4 is 22.4 Å². The normalized spacial score (nSPS) is 19.5. The molecule has 1 atom stereocenters. The number of hydrogen-bond donors (Lipinski definition) is 1. The predicted octanol–water partition coefficient (Wildman–Crippen LogP) is 1.88. The van der Waals surface area contributed by atoms with Crippen LogP contribution in [-0.4, -0.2) is 36.8 Å². The topological polar surface area (TPSA) is 63.7 Å². The molecule has 0 radical (unpaired) electrons. The summed E-state index contributed by atoms with van der Waals surface area (Å²) in [4.78, 5) is 18.9. The largest absolute Gasteiger partial charge is 0.454 e. The highest BCUT2D eigenvalue weighted by Gasteiger charge is 2.26. The fourth-order valence-corrected chi connectivity index (χ4v) is 3.41. The lowest BCUT2D eigenvalue weighted by Crippen LogP contribution is -2.37. The number of aromatic nitrogens is 1. The van der Waals surface area contributed by atoms with Crippen LogP contribution in [0, 0.1) is 0 Å². The van der Waals surface area contributed by atoms with Gasteiger partial charge >= 0.3 is 0 Å². The van der Waals surface area contributed by atoms with E-state index in [1.165, 1.54) is 0 Å². The van der Waals surface area contributed by atoms with E-state index in [1.54, 1.807) is 35.7 Å². The minimum absolute atomic E-state index is 0.0794. The van der Waals surface area contributed by atoms with Gasteiger partial charge in [0.1, 0.15) is 0 Å². The molecule has 1 saturated heterocycles. The number of carbonyl (C=O) groups is 1. The van der Waals surface area contributed by atoms with E-state index < -0.39 is 0 Å². The summed E-state index contributed by atoms with van der Waals surface area (Å²) in [5, 5.41) is 6.06. The third-order valence-corrected chi connectivity index (χ3v) is 4.68. The third kappa shape index (κ3) is 2.48. The number of ether oxygens (including phenoxy) is 2. The van der Waals surface area contributed by atoms with Crippen molar-refractivity contribution < 1.29 is 14.3 Å². The first kappa shape index (κ1) is 13.4. The molecule has 1 aromatic heterocycles. The number of hydrogen-bond acceptors (Lipinski definition) is 6. The minimum Gasteiger partial charge on any atom is -0.454 e. The summed E-state index contributed by atoms with van der Waals surface area (Å²) >= 11 is 1.62. The first-order valence-electron chi connectivity index (χ1n) is 7.14. The molecule has 3 heterocycles. The van der Waals surface area contributed by atoms with Crippen molar-refractivity contribution in [1.29, 1.82) is 0 Å². The summed E-state index contributed by atoms with van der Waals surface area (Å²) in [6.45, 7) is 1.93. The minimum atomic E-state index is -0.0794. The summed E-state index contributed by atoms with van der Waals surface area (Å²) in [6, 6.07) is 5.40. The molecule has 4 rings (SSSR count). The van der Waals surface area contributed by atoms with Gasteiger partial charge in [-0.25, -0.2) is 4.98 Å². The number of rotatable bonds is 3. The van der Waals surface area contributed by atoms with Gasteiger partial charge in [0, 0.05) is 36.3 Å². The second kappa shape index (κ2) is 5.49.